The number of aromatic nitrogens is 5. The van der Waals surface area contributed by atoms with Crippen molar-refractivity contribution in [2.45, 2.75) is 0 Å². The van der Waals surface area contributed by atoms with Crippen molar-refractivity contribution in [1.29, 1.82) is 0 Å². The van der Waals surface area contributed by atoms with Gasteiger partial charge in [0.05, 0.1) is 27.5 Å². The lowest BCUT2D eigenvalue weighted by Crippen LogP contribution is -2.12. The summed E-state index contributed by atoms with van der Waals surface area (Å²) in [5.74, 6) is 1.34. The highest BCUT2D eigenvalue weighted by Crippen LogP contribution is 2.42. The highest BCUT2D eigenvalue weighted by molar-refractivity contribution is 6.12. The third kappa shape index (κ3) is 5.96. The molecule has 0 saturated carbocycles. The summed E-state index contributed by atoms with van der Waals surface area (Å²) in [5.41, 5.74) is 12.2. The maximum Gasteiger partial charge on any atom is 0.231 e. The maximum atomic E-state index is 6.68. The second-order valence-corrected chi connectivity index (χ2v) is 16.2. The van der Waals surface area contributed by atoms with Crippen LogP contribution in [-0.4, -0.2) is 24.3 Å². The Morgan fingerprint density at radius 3 is 1.32 bits per heavy atom. The minimum absolute atomic E-state index is 0.476. The van der Waals surface area contributed by atoms with Gasteiger partial charge in [0, 0.05) is 61.7 Å². The minimum Gasteiger partial charge on any atom is -0.436 e. The smallest absolute Gasteiger partial charge is 0.231 e. The Labute approximate surface area is 373 Å². The molecule has 0 N–H and O–H groups in total. The van der Waals surface area contributed by atoms with Crippen molar-refractivity contribution < 1.29 is 4.42 Å². The Morgan fingerprint density at radius 2 is 0.785 bits per heavy atom. The van der Waals surface area contributed by atoms with Gasteiger partial charge in [-0.05, 0) is 97.1 Å². The molecule has 13 rings (SSSR count). The fourth-order valence-corrected chi connectivity index (χ4v) is 9.54. The molecular weight excluding hydrogens is 799 g/mol. The predicted molar refractivity (Wildman–Crippen MR) is 265 cm³/mol. The molecule has 0 bridgehead atoms. The first kappa shape index (κ1) is 36.6. The number of pyridine rings is 1. The van der Waals surface area contributed by atoms with Crippen LogP contribution in [0, 0.1) is 0 Å². The normalized spacial score (nSPS) is 11.7. The fourth-order valence-electron chi connectivity index (χ4n) is 9.54. The molecule has 5 heterocycles. The van der Waals surface area contributed by atoms with Gasteiger partial charge in [-0.3, -0.25) is 9.80 Å². The van der Waals surface area contributed by atoms with E-state index in [9.17, 15) is 0 Å². The van der Waals surface area contributed by atoms with Crippen LogP contribution < -0.4 is 9.80 Å². The van der Waals surface area contributed by atoms with E-state index < -0.39 is 0 Å². The molecule has 306 valence electrons. The Bertz CT molecular complexity index is 3640. The average Bonchev–Trinajstić information content (AvgIpc) is 4.02. The molecular formula is C57H37N7O. The SMILES string of the molecule is c1ccc(N(c2ccc3c4ccccc4n(-c4ccccc4)c3c2)c2cc3oc4nc(N(c5ccccc5)c5ccc6c7ccccc7n(-c7ccccc7)c6c5)ccc4c3nn2)cc1. The third-order valence-corrected chi connectivity index (χ3v) is 12.4. The third-order valence-electron chi connectivity index (χ3n) is 12.4. The molecule has 0 saturated heterocycles. The highest BCUT2D eigenvalue weighted by Gasteiger charge is 2.23. The van der Waals surface area contributed by atoms with Gasteiger partial charge in [-0.15, -0.1) is 10.2 Å². The Hall–Kier alpha value is -9.01. The first-order valence-corrected chi connectivity index (χ1v) is 21.7. The summed E-state index contributed by atoms with van der Waals surface area (Å²) in [6.45, 7) is 0. The van der Waals surface area contributed by atoms with Crippen LogP contribution in [0.5, 0.6) is 0 Å². The number of fused-ring (bicyclic) bond motifs is 9. The lowest BCUT2D eigenvalue weighted by atomic mass is 10.1. The molecule has 8 aromatic carbocycles. The van der Waals surface area contributed by atoms with E-state index in [2.05, 4.69) is 201 Å². The first-order valence-electron chi connectivity index (χ1n) is 21.7. The quantitative estimate of drug-likeness (QED) is 0.152. The second kappa shape index (κ2) is 14.8. The molecule has 0 aliphatic carbocycles. The van der Waals surface area contributed by atoms with Gasteiger partial charge >= 0.3 is 0 Å². The Morgan fingerprint density at radius 1 is 0.338 bits per heavy atom. The van der Waals surface area contributed by atoms with Gasteiger partial charge in [-0.2, -0.15) is 4.98 Å². The molecule has 8 nitrogen and oxygen atoms in total. The van der Waals surface area contributed by atoms with Crippen LogP contribution in [0.2, 0.25) is 0 Å². The average molecular weight is 836 g/mol. The summed E-state index contributed by atoms with van der Waals surface area (Å²) in [6, 6.07) is 78.1. The van der Waals surface area contributed by atoms with Crippen molar-refractivity contribution in [3.8, 4) is 11.4 Å². The van der Waals surface area contributed by atoms with E-state index in [-0.39, 0.29) is 0 Å². The molecule has 0 spiro atoms. The molecule has 0 aliphatic rings. The van der Waals surface area contributed by atoms with Gasteiger partial charge < -0.3 is 13.6 Å². The van der Waals surface area contributed by atoms with Crippen LogP contribution in [0.3, 0.4) is 0 Å². The van der Waals surface area contributed by atoms with Crippen LogP contribution in [0.25, 0.3) is 77.2 Å². The minimum atomic E-state index is 0.476. The number of anilines is 6. The molecule has 0 fully saturated rings. The van der Waals surface area contributed by atoms with E-state index in [1.165, 1.54) is 21.5 Å². The van der Waals surface area contributed by atoms with Crippen molar-refractivity contribution in [2.24, 2.45) is 0 Å². The van der Waals surface area contributed by atoms with E-state index in [1.807, 2.05) is 42.5 Å². The summed E-state index contributed by atoms with van der Waals surface area (Å²) in [6.07, 6.45) is 0. The lowest BCUT2D eigenvalue weighted by Gasteiger charge is -2.24. The number of rotatable bonds is 8. The zero-order valence-corrected chi connectivity index (χ0v) is 34.9. The lowest BCUT2D eigenvalue weighted by molar-refractivity contribution is 0.652. The van der Waals surface area contributed by atoms with E-state index in [0.29, 0.717) is 28.4 Å². The van der Waals surface area contributed by atoms with Crippen LogP contribution in [0.1, 0.15) is 0 Å². The first-order chi connectivity index (χ1) is 32.2. The van der Waals surface area contributed by atoms with E-state index in [4.69, 9.17) is 19.6 Å². The van der Waals surface area contributed by atoms with Crippen molar-refractivity contribution in [1.82, 2.24) is 24.3 Å². The van der Waals surface area contributed by atoms with E-state index in [0.717, 1.165) is 61.6 Å². The van der Waals surface area contributed by atoms with Gasteiger partial charge in [0.2, 0.25) is 5.71 Å². The maximum absolute atomic E-state index is 6.68. The second-order valence-electron chi connectivity index (χ2n) is 16.2. The standard InChI is InChI=1S/C57H37N7O/c1-5-17-38(18-6-1)61(42-29-31-46-44-25-13-15-27-49(44)63(51(46)35-42)40-21-9-3-10-22-40)54-34-33-48-56-53(65-57(48)58-54)37-55(59-60-56)62(39-19-7-2-8-20-39)43-30-32-47-45-26-14-16-28-50(45)64(52(47)36-43)41-23-11-4-12-24-41/h1-37H. The van der Waals surface area contributed by atoms with E-state index in [1.54, 1.807) is 0 Å². The number of furan rings is 1. The van der Waals surface area contributed by atoms with E-state index >= 15 is 0 Å². The molecule has 0 amide bonds. The van der Waals surface area contributed by atoms with Gasteiger partial charge in [-0.1, -0.05) is 121 Å². The van der Waals surface area contributed by atoms with Crippen LogP contribution >= 0.6 is 0 Å². The van der Waals surface area contributed by atoms with Crippen molar-refractivity contribution in [3.63, 3.8) is 0 Å². The summed E-state index contributed by atoms with van der Waals surface area (Å²) >= 11 is 0. The number of hydrogen-bond donors (Lipinski definition) is 0. The summed E-state index contributed by atoms with van der Waals surface area (Å²) in [7, 11) is 0. The zero-order chi connectivity index (χ0) is 42.8. The van der Waals surface area contributed by atoms with Crippen LogP contribution in [0.4, 0.5) is 34.4 Å². The fraction of sp³-hybridized carbons (Fsp3) is 0. The van der Waals surface area contributed by atoms with Gasteiger partial charge in [0.15, 0.2) is 11.4 Å². The molecule has 0 aliphatic heterocycles. The molecule has 0 unspecified atom stereocenters. The summed E-state index contributed by atoms with van der Waals surface area (Å²) < 4.78 is 11.3. The number of para-hydroxylation sites is 6. The number of nitrogens with zero attached hydrogens (tertiary/aromatic N) is 7. The predicted octanol–water partition coefficient (Wildman–Crippen LogP) is 14.9. The molecule has 8 heteroatoms. The largest absolute Gasteiger partial charge is 0.436 e. The highest BCUT2D eigenvalue weighted by atomic mass is 16.3. The van der Waals surface area contributed by atoms with Crippen LogP contribution in [-0.2, 0) is 0 Å². The van der Waals surface area contributed by atoms with Crippen molar-refractivity contribution in [3.05, 3.63) is 224 Å². The summed E-state index contributed by atoms with van der Waals surface area (Å²) in [5, 5.41) is 15.3. The molecule has 0 atom stereocenters. The molecule has 5 aromatic heterocycles. The zero-order valence-electron chi connectivity index (χ0n) is 34.9. The van der Waals surface area contributed by atoms with Crippen LogP contribution in [0.15, 0.2) is 229 Å². The van der Waals surface area contributed by atoms with Gasteiger partial charge in [0.25, 0.3) is 0 Å². The topological polar surface area (TPSA) is 68.2 Å². The monoisotopic (exact) mass is 835 g/mol. The van der Waals surface area contributed by atoms with Gasteiger partial charge in [0.1, 0.15) is 11.3 Å². The summed E-state index contributed by atoms with van der Waals surface area (Å²) in [4.78, 5) is 9.53. The molecule has 0 radical (unpaired) electrons. The molecule has 65 heavy (non-hydrogen) atoms. The van der Waals surface area contributed by atoms with Crippen molar-refractivity contribution >= 4 is 100 Å². The molecule has 13 aromatic rings. The number of hydrogen-bond acceptors (Lipinski definition) is 6. The Balaban J connectivity index is 0.949. The number of benzene rings is 8. The van der Waals surface area contributed by atoms with Crippen molar-refractivity contribution in [2.75, 3.05) is 9.80 Å². The Kier molecular flexibility index (Phi) is 8.35. The van der Waals surface area contributed by atoms with Gasteiger partial charge in [-0.25, -0.2) is 0 Å².